The number of benzene rings is 1. The van der Waals surface area contributed by atoms with E-state index in [1.165, 1.54) is 12.0 Å². The van der Waals surface area contributed by atoms with Gasteiger partial charge < -0.3 is 10.6 Å². The van der Waals surface area contributed by atoms with Crippen molar-refractivity contribution < 1.29 is 0 Å². The van der Waals surface area contributed by atoms with Crippen LogP contribution in [-0.2, 0) is 6.54 Å². The average Bonchev–Trinajstić information content (AvgIpc) is 3.39. The summed E-state index contributed by atoms with van der Waals surface area (Å²) in [5.41, 5.74) is 2.44. The lowest BCUT2D eigenvalue weighted by Gasteiger charge is -2.11. The van der Waals surface area contributed by atoms with Gasteiger partial charge in [0.25, 0.3) is 0 Å². The first-order valence-electron chi connectivity index (χ1n) is 8.34. The summed E-state index contributed by atoms with van der Waals surface area (Å²) < 4.78 is 0. The standard InChI is InChI=1S/C19H24N4/c1-2-20-19(23-14-17-10-6-7-11-21-17)22-13-16-12-18(16)15-8-4-3-5-9-15/h3-11,16,18H,2,12-14H2,1H3,(H2,20,22,23). The molecule has 120 valence electrons. The molecule has 0 saturated heterocycles. The van der Waals surface area contributed by atoms with E-state index >= 15 is 0 Å². The largest absolute Gasteiger partial charge is 0.357 e. The minimum Gasteiger partial charge on any atom is -0.357 e. The third-order valence-corrected chi connectivity index (χ3v) is 4.15. The minimum atomic E-state index is 0.600. The molecule has 0 amide bonds. The number of nitrogens with one attached hydrogen (secondary N) is 2. The van der Waals surface area contributed by atoms with Crippen LogP contribution in [0.25, 0.3) is 0 Å². The normalized spacial score (nSPS) is 20.1. The first-order valence-corrected chi connectivity index (χ1v) is 8.34. The van der Waals surface area contributed by atoms with Crippen LogP contribution in [0.2, 0.25) is 0 Å². The van der Waals surface area contributed by atoms with Crippen molar-refractivity contribution in [2.24, 2.45) is 10.9 Å². The van der Waals surface area contributed by atoms with Gasteiger partial charge in [-0.2, -0.15) is 0 Å². The Kier molecular flexibility index (Phi) is 5.25. The fourth-order valence-corrected chi connectivity index (χ4v) is 2.80. The molecule has 2 aromatic rings. The van der Waals surface area contributed by atoms with Gasteiger partial charge in [0.15, 0.2) is 5.96 Å². The van der Waals surface area contributed by atoms with Crippen molar-refractivity contribution in [1.82, 2.24) is 15.6 Å². The predicted octanol–water partition coefficient (Wildman–Crippen LogP) is 2.94. The number of aromatic nitrogens is 1. The monoisotopic (exact) mass is 308 g/mol. The van der Waals surface area contributed by atoms with E-state index in [4.69, 9.17) is 0 Å². The van der Waals surface area contributed by atoms with Crippen LogP contribution >= 0.6 is 0 Å². The highest BCUT2D eigenvalue weighted by molar-refractivity contribution is 5.79. The molecule has 1 fully saturated rings. The molecule has 1 aromatic carbocycles. The summed E-state index contributed by atoms with van der Waals surface area (Å²) >= 11 is 0. The van der Waals surface area contributed by atoms with Gasteiger partial charge in [0, 0.05) is 19.3 Å². The van der Waals surface area contributed by atoms with Crippen molar-refractivity contribution in [3.63, 3.8) is 0 Å². The molecule has 2 atom stereocenters. The fraction of sp³-hybridized carbons (Fsp3) is 0.368. The second-order valence-corrected chi connectivity index (χ2v) is 5.91. The third-order valence-electron chi connectivity index (χ3n) is 4.15. The molecular weight excluding hydrogens is 284 g/mol. The maximum atomic E-state index is 4.61. The molecule has 0 spiro atoms. The number of hydrogen-bond donors (Lipinski definition) is 2. The van der Waals surface area contributed by atoms with Crippen LogP contribution in [0.4, 0.5) is 0 Å². The minimum absolute atomic E-state index is 0.600. The zero-order valence-corrected chi connectivity index (χ0v) is 13.6. The molecule has 1 aliphatic rings. The summed E-state index contributed by atoms with van der Waals surface area (Å²) in [7, 11) is 0. The number of rotatable bonds is 6. The Hall–Kier alpha value is -2.36. The zero-order valence-electron chi connectivity index (χ0n) is 13.6. The molecule has 1 heterocycles. The Balaban J connectivity index is 1.50. The van der Waals surface area contributed by atoms with Crippen molar-refractivity contribution in [3.05, 3.63) is 66.0 Å². The molecule has 1 aliphatic carbocycles. The molecular formula is C19H24N4. The van der Waals surface area contributed by atoms with E-state index in [9.17, 15) is 0 Å². The van der Waals surface area contributed by atoms with Crippen molar-refractivity contribution in [2.75, 3.05) is 13.1 Å². The molecule has 4 nitrogen and oxygen atoms in total. The topological polar surface area (TPSA) is 49.3 Å². The van der Waals surface area contributed by atoms with E-state index in [1.807, 2.05) is 18.2 Å². The molecule has 3 rings (SSSR count). The van der Waals surface area contributed by atoms with Gasteiger partial charge in [-0.25, -0.2) is 4.99 Å². The van der Waals surface area contributed by atoms with E-state index in [-0.39, 0.29) is 0 Å². The lowest BCUT2D eigenvalue weighted by molar-refractivity contribution is 0.720. The number of aliphatic imine (C=N–C) groups is 1. The average molecular weight is 308 g/mol. The fourth-order valence-electron chi connectivity index (χ4n) is 2.80. The van der Waals surface area contributed by atoms with Gasteiger partial charge in [0.05, 0.1) is 12.2 Å². The maximum absolute atomic E-state index is 4.61. The van der Waals surface area contributed by atoms with Crippen LogP contribution in [0, 0.1) is 5.92 Å². The highest BCUT2D eigenvalue weighted by atomic mass is 15.2. The van der Waals surface area contributed by atoms with Crippen LogP contribution in [0.5, 0.6) is 0 Å². The molecule has 4 heteroatoms. The second-order valence-electron chi connectivity index (χ2n) is 5.91. The molecule has 0 aliphatic heterocycles. The molecule has 23 heavy (non-hydrogen) atoms. The van der Waals surface area contributed by atoms with Gasteiger partial charge >= 0.3 is 0 Å². The summed E-state index contributed by atoms with van der Waals surface area (Å²) in [6.07, 6.45) is 3.07. The van der Waals surface area contributed by atoms with Crippen LogP contribution < -0.4 is 10.6 Å². The van der Waals surface area contributed by atoms with Gasteiger partial charge in [-0.3, -0.25) is 4.98 Å². The summed E-state index contributed by atoms with van der Waals surface area (Å²) in [5, 5.41) is 6.77. The molecule has 2 unspecified atom stereocenters. The Labute approximate surface area is 138 Å². The first-order chi connectivity index (χ1) is 11.4. The quantitative estimate of drug-likeness (QED) is 0.637. The second kappa shape index (κ2) is 7.77. The highest BCUT2D eigenvalue weighted by Gasteiger charge is 2.37. The summed E-state index contributed by atoms with van der Waals surface area (Å²) in [5.74, 6) is 2.27. The van der Waals surface area contributed by atoms with Gasteiger partial charge in [-0.05, 0) is 42.9 Å². The Morgan fingerprint density at radius 3 is 2.70 bits per heavy atom. The Bertz CT molecular complexity index is 624. The van der Waals surface area contributed by atoms with Gasteiger partial charge in [0.2, 0.25) is 0 Å². The smallest absolute Gasteiger partial charge is 0.191 e. The number of nitrogens with zero attached hydrogens (tertiary/aromatic N) is 2. The van der Waals surface area contributed by atoms with E-state index in [0.717, 1.165) is 24.7 Å². The molecule has 0 radical (unpaired) electrons. The van der Waals surface area contributed by atoms with Crippen LogP contribution in [0.15, 0.2) is 59.7 Å². The van der Waals surface area contributed by atoms with E-state index in [1.54, 1.807) is 6.20 Å². The molecule has 2 N–H and O–H groups in total. The molecule has 1 saturated carbocycles. The van der Waals surface area contributed by atoms with Crippen molar-refractivity contribution >= 4 is 5.96 Å². The summed E-state index contributed by atoms with van der Waals surface area (Å²) in [6.45, 7) is 4.51. The van der Waals surface area contributed by atoms with Crippen LogP contribution in [0.3, 0.4) is 0 Å². The van der Waals surface area contributed by atoms with Gasteiger partial charge in [-0.1, -0.05) is 36.4 Å². The summed E-state index contributed by atoms with van der Waals surface area (Å²) in [6, 6.07) is 16.7. The van der Waals surface area contributed by atoms with E-state index < -0.39 is 0 Å². The van der Waals surface area contributed by atoms with Crippen molar-refractivity contribution in [1.29, 1.82) is 0 Å². The van der Waals surface area contributed by atoms with Crippen LogP contribution in [-0.4, -0.2) is 24.0 Å². The van der Waals surface area contributed by atoms with Crippen molar-refractivity contribution in [3.8, 4) is 0 Å². The first kappa shape index (κ1) is 15.5. The third kappa shape index (κ3) is 4.55. The van der Waals surface area contributed by atoms with Gasteiger partial charge in [0.1, 0.15) is 0 Å². The molecule has 0 bridgehead atoms. The SMILES string of the molecule is CCNC(=NCc1ccccn1)NCC1CC1c1ccccc1. The van der Waals surface area contributed by atoms with E-state index in [0.29, 0.717) is 18.4 Å². The highest BCUT2D eigenvalue weighted by Crippen LogP contribution is 2.46. The number of hydrogen-bond acceptors (Lipinski definition) is 2. The Morgan fingerprint density at radius 1 is 1.13 bits per heavy atom. The van der Waals surface area contributed by atoms with E-state index in [2.05, 4.69) is 57.9 Å². The van der Waals surface area contributed by atoms with Crippen LogP contribution in [0.1, 0.15) is 30.5 Å². The lowest BCUT2D eigenvalue weighted by atomic mass is 10.1. The maximum Gasteiger partial charge on any atom is 0.191 e. The number of guanidine groups is 1. The predicted molar refractivity (Wildman–Crippen MR) is 94.3 cm³/mol. The van der Waals surface area contributed by atoms with Crippen molar-refractivity contribution in [2.45, 2.75) is 25.8 Å². The Morgan fingerprint density at radius 2 is 1.96 bits per heavy atom. The lowest BCUT2D eigenvalue weighted by Crippen LogP contribution is -2.38. The number of pyridine rings is 1. The molecule has 1 aromatic heterocycles. The van der Waals surface area contributed by atoms with Gasteiger partial charge in [-0.15, -0.1) is 0 Å². The zero-order chi connectivity index (χ0) is 15.9. The summed E-state index contributed by atoms with van der Waals surface area (Å²) in [4.78, 5) is 8.92.